The Morgan fingerprint density at radius 1 is 1.27 bits per heavy atom. The molecular weight excluding hydrogens is 164 g/mol. The summed E-state index contributed by atoms with van der Waals surface area (Å²) >= 11 is 0. The van der Waals surface area contributed by atoms with Crippen molar-refractivity contribution in [3.05, 3.63) is 0 Å². The third-order valence-electron chi connectivity index (χ3n) is 2.10. The van der Waals surface area contributed by atoms with Crippen LogP contribution in [0.25, 0.3) is 0 Å². The fourth-order valence-corrected chi connectivity index (χ4v) is 2.93. The van der Waals surface area contributed by atoms with Crippen molar-refractivity contribution in [1.82, 2.24) is 5.01 Å². The van der Waals surface area contributed by atoms with Gasteiger partial charge in [-0.3, -0.25) is 5.84 Å². The van der Waals surface area contributed by atoms with Crippen LogP contribution in [0.5, 0.6) is 0 Å². The van der Waals surface area contributed by atoms with Crippen LogP contribution in [-0.4, -0.2) is 37.0 Å². The number of hydrogen-bond donors (Lipinski definition) is 1. The first-order valence-corrected chi connectivity index (χ1v) is 5.28. The fourth-order valence-electron chi connectivity index (χ4n) is 1.34. The first-order valence-electron chi connectivity index (χ1n) is 3.67. The van der Waals surface area contributed by atoms with Crippen LogP contribution < -0.4 is 5.84 Å². The molecule has 2 unspecified atom stereocenters. The zero-order chi connectivity index (χ0) is 8.65. The van der Waals surface area contributed by atoms with Crippen molar-refractivity contribution in [1.29, 1.82) is 0 Å². The summed E-state index contributed by atoms with van der Waals surface area (Å²) in [5.74, 6) is 5.51. The van der Waals surface area contributed by atoms with Crippen LogP contribution in [0.2, 0.25) is 0 Å². The molecule has 1 aliphatic rings. The van der Waals surface area contributed by atoms with Crippen LogP contribution in [0.15, 0.2) is 0 Å². The summed E-state index contributed by atoms with van der Waals surface area (Å²) in [6.07, 6.45) is 0. The number of nitrogens with two attached hydrogens (primary N) is 1. The van der Waals surface area contributed by atoms with Gasteiger partial charge in [-0.1, -0.05) is 0 Å². The smallest absolute Gasteiger partial charge is 0.158 e. The van der Waals surface area contributed by atoms with Gasteiger partial charge in [0.15, 0.2) is 9.84 Å². The van der Waals surface area contributed by atoms with E-state index in [-0.39, 0.29) is 10.5 Å². The second kappa shape index (κ2) is 2.73. The largest absolute Gasteiger partial charge is 0.269 e. The minimum absolute atomic E-state index is 0.323. The molecule has 1 saturated heterocycles. The average molecular weight is 178 g/mol. The minimum Gasteiger partial charge on any atom is -0.269 e. The van der Waals surface area contributed by atoms with Gasteiger partial charge < -0.3 is 0 Å². The molecule has 0 bridgehead atoms. The molecule has 1 heterocycles. The molecule has 0 aliphatic carbocycles. The Morgan fingerprint density at radius 3 is 2.00 bits per heavy atom. The van der Waals surface area contributed by atoms with Gasteiger partial charge in [-0.15, -0.1) is 0 Å². The van der Waals surface area contributed by atoms with Crippen molar-refractivity contribution in [2.24, 2.45) is 5.84 Å². The maximum absolute atomic E-state index is 11.4. The molecule has 0 aromatic heterocycles. The maximum atomic E-state index is 11.4. The zero-order valence-corrected chi connectivity index (χ0v) is 7.63. The van der Waals surface area contributed by atoms with Crippen LogP contribution in [0.4, 0.5) is 0 Å². The molecule has 0 saturated carbocycles. The van der Waals surface area contributed by atoms with E-state index in [1.165, 1.54) is 0 Å². The Hall–Kier alpha value is -0.130. The molecule has 66 valence electrons. The van der Waals surface area contributed by atoms with Gasteiger partial charge >= 0.3 is 0 Å². The maximum Gasteiger partial charge on any atom is 0.158 e. The molecule has 11 heavy (non-hydrogen) atoms. The van der Waals surface area contributed by atoms with Crippen molar-refractivity contribution in [3.8, 4) is 0 Å². The lowest BCUT2D eigenvalue weighted by atomic mass is 10.4. The molecule has 0 aromatic carbocycles. The fraction of sp³-hybridized carbons (Fsp3) is 1.00. The van der Waals surface area contributed by atoms with Crippen LogP contribution in [0.3, 0.4) is 0 Å². The average Bonchev–Trinajstić information content (AvgIpc) is 1.84. The third-order valence-corrected chi connectivity index (χ3v) is 4.65. The highest BCUT2D eigenvalue weighted by atomic mass is 32.2. The van der Waals surface area contributed by atoms with Gasteiger partial charge in [-0.2, -0.15) is 0 Å². The predicted octanol–water partition coefficient (Wildman–Crippen LogP) is -0.632. The molecule has 1 aliphatic heterocycles. The molecule has 4 nitrogen and oxygen atoms in total. The third kappa shape index (κ3) is 1.55. The van der Waals surface area contributed by atoms with E-state index in [1.807, 2.05) is 0 Å². The van der Waals surface area contributed by atoms with Crippen molar-refractivity contribution in [2.45, 2.75) is 24.3 Å². The molecule has 1 rings (SSSR count). The van der Waals surface area contributed by atoms with Gasteiger partial charge in [-0.25, -0.2) is 13.4 Å². The molecular formula is C6H14N2O2S. The summed E-state index contributed by atoms with van der Waals surface area (Å²) in [5.41, 5.74) is 0. The standard InChI is InChI=1S/C6H14N2O2S/c1-5-3-8(7)4-6(2)11(5,9)10/h5-6H,3-4,7H2,1-2H3. The SMILES string of the molecule is CC1CN(N)CC(C)S1(=O)=O. The molecule has 1 fully saturated rings. The monoisotopic (exact) mass is 178 g/mol. The Balaban J connectivity index is 2.85. The lowest BCUT2D eigenvalue weighted by Crippen LogP contribution is -2.52. The van der Waals surface area contributed by atoms with E-state index in [2.05, 4.69) is 0 Å². The van der Waals surface area contributed by atoms with Crippen molar-refractivity contribution in [3.63, 3.8) is 0 Å². The Kier molecular flexibility index (Phi) is 2.22. The molecule has 2 N–H and O–H groups in total. The van der Waals surface area contributed by atoms with Crippen LogP contribution in [0.1, 0.15) is 13.8 Å². The highest BCUT2D eigenvalue weighted by molar-refractivity contribution is 7.92. The number of nitrogens with zero attached hydrogens (tertiary/aromatic N) is 1. The number of hydrogen-bond acceptors (Lipinski definition) is 4. The first kappa shape index (κ1) is 8.96. The second-order valence-corrected chi connectivity index (χ2v) is 5.95. The van der Waals surface area contributed by atoms with Crippen LogP contribution in [-0.2, 0) is 9.84 Å². The van der Waals surface area contributed by atoms with E-state index in [0.717, 1.165) is 0 Å². The summed E-state index contributed by atoms with van der Waals surface area (Å²) in [6.45, 7) is 4.30. The van der Waals surface area contributed by atoms with Gasteiger partial charge in [-0.05, 0) is 13.8 Å². The van der Waals surface area contributed by atoms with Crippen molar-refractivity contribution >= 4 is 9.84 Å². The summed E-state index contributed by atoms with van der Waals surface area (Å²) in [6, 6.07) is 0. The van der Waals surface area contributed by atoms with Crippen LogP contribution in [0, 0.1) is 0 Å². The lowest BCUT2D eigenvalue weighted by Gasteiger charge is -2.31. The Bertz CT molecular complexity index is 219. The van der Waals surface area contributed by atoms with E-state index in [1.54, 1.807) is 18.9 Å². The highest BCUT2D eigenvalue weighted by Crippen LogP contribution is 2.15. The number of hydrazine groups is 1. The van der Waals surface area contributed by atoms with E-state index >= 15 is 0 Å². The van der Waals surface area contributed by atoms with Crippen molar-refractivity contribution in [2.75, 3.05) is 13.1 Å². The first-order chi connectivity index (χ1) is 4.94. The van der Waals surface area contributed by atoms with E-state index in [0.29, 0.717) is 13.1 Å². The van der Waals surface area contributed by atoms with Gasteiger partial charge in [0.25, 0.3) is 0 Å². The molecule has 0 radical (unpaired) electrons. The topological polar surface area (TPSA) is 63.4 Å². The Morgan fingerprint density at radius 2 is 1.64 bits per heavy atom. The molecule has 5 heteroatoms. The molecule has 2 atom stereocenters. The summed E-state index contributed by atoms with van der Waals surface area (Å²) < 4.78 is 22.8. The molecule has 0 spiro atoms. The second-order valence-electron chi connectivity index (χ2n) is 3.16. The van der Waals surface area contributed by atoms with Crippen molar-refractivity contribution < 1.29 is 8.42 Å². The van der Waals surface area contributed by atoms with Gasteiger partial charge in [0.05, 0.1) is 10.5 Å². The lowest BCUT2D eigenvalue weighted by molar-refractivity contribution is 0.269. The summed E-state index contributed by atoms with van der Waals surface area (Å²) in [5, 5.41) is 0.920. The zero-order valence-electron chi connectivity index (χ0n) is 6.82. The quantitative estimate of drug-likeness (QED) is 0.501. The number of sulfone groups is 1. The molecule has 0 aromatic rings. The Labute approximate surface area is 67.3 Å². The van der Waals surface area contributed by atoms with E-state index in [4.69, 9.17) is 5.84 Å². The summed E-state index contributed by atoms with van der Waals surface area (Å²) in [4.78, 5) is 0. The normalized spacial score (nSPS) is 38.8. The molecule has 0 amide bonds. The number of rotatable bonds is 0. The minimum atomic E-state index is -2.89. The van der Waals surface area contributed by atoms with Gasteiger partial charge in [0, 0.05) is 13.1 Å². The highest BCUT2D eigenvalue weighted by Gasteiger charge is 2.34. The van der Waals surface area contributed by atoms with E-state index < -0.39 is 9.84 Å². The van der Waals surface area contributed by atoms with E-state index in [9.17, 15) is 8.42 Å². The summed E-state index contributed by atoms with van der Waals surface area (Å²) in [7, 11) is -2.89. The van der Waals surface area contributed by atoms with Gasteiger partial charge in [0.1, 0.15) is 0 Å². The van der Waals surface area contributed by atoms with Crippen LogP contribution >= 0.6 is 0 Å². The van der Waals surface area contributed by atoms with Gasteiger partial charge in [0.2, 0.25) is 0 Å². The predicted molar refractivity (Wildman–Crippen MR) is 43.6 cm³/mol.